The Balaban J connectivity index is 0.000000245. The van der Waals surface area contributed by atoms with Gasteiger partial charge in [-0.25, -0.2) is 17.6 Å². The first-order valence-electron chi connectivity index (χ1n) is 43.1. The molecule has 0 aliphatic carbocycles. The van der Waals surface area contributed by atoms with Crippen LogP contribution in [0.25, 0.3) is 44.1 Å². The Bertz CT molecular complexity index is 5870. The zero-order chi connectivity index (χ0) is 92.7. The van der Waals surface area contributed by atoms with Gasteiger partial charge in [-0.3, -0.25) is 19.2 Å². The second-order valence-corrected chi connectivity index (χ2v) is 26.8. The molecule has 0 radical (unpaired) electrons. The highest BCUT2D eigenvalue weighted by molar-refractivity contribution is 7.98. The number of amides is 2. The molecule has 2 aliphatic heterocycles. The van der Waals surface area contributed by atoms with Gasteiger partial charge in [0.05, 0.1) is 70.0 Å². The number of benzene rings is 8. The smallest absolute Gasteiger partial charge is 0.383 e. The minimum absolute atomic E-state index is 0.000819. The Morgan fingerprint density at radius 1 is 0.519 bits per heavy atom. The summed E-state index contributed by atoms with van der Waals surface area (Å²) in [7, 11) is -6.00. The molecule has 10 aromatic rings. The number of likely N-dealkylation sites (tertiary alicyclic amines) is 2. The summed E-state index contributed by atoms with van der Waals surface area (Å²) in [6, 6.07) is 23.1. The quantitative estimate of drug-likeness (QED) is 0.0428. The van der Waals surface area contributed by atoms with Crippen LogP contribution in [0.3, 0.4) is 0 Å². The first-order chi connectivity index (χ1) is 58.6. The maximum atomic E-state index is 15.1. The van der Waals surface area contributed by atoms with Crippen LogP contribution in [-0.2, 0) is 69.1 Å². The third-order valence-electron chi connectivity index (χ3n) is 18.0. The van der Waals surface area contributed by atoms with Crippen molar-refractivity contribution in [3.8, 4) is 22.3 Å². The Morgan fingerprint density at radius 2 is 0.896 bits per heavy atom. The maximum Gasteiger partial charge on any atom is 0.416 e. The van der Waals surface area contributed by atoms with Gasteiger partial charge in [-0.15, -0.1) is 23.5 Å². The van der Waals surface area contributed by atoms with Crippen molar-refractivity contribution in [1.29, 1.82) is 0 Å². The van der Waals surface area contributed by atoms with E-state index in [9.17, 15) is 58.7 Å². The molecule has 2 amide bonds. The molecule has 24 heteroatoms. The number of carbonyl (C=O) groups excluding carboxylic acids is 2. The molecule has 556 valence electrons. The number of pyridine rings is 2. The minimum Gasteiger partial charge on any atom is -0.383 e. The van der Waals surface area contributed by atoms with Crippen LogP contribution < -0.4 is 10.9 Å². The summed E-state index contributed by atoms with van der Waals surface area (Å²) in [6.07, 6.45) is -8.10. The lowest BCUT2D eigenvalue weighted by Crippen LogP contribution is -2.48. The molecule has 12 rings (SSSR count). The van der Waals surface area contributed by atoms with E-state index in [4.69, 9.17) is 27.4 Å². The van der Waals surface area contributed by atoms with Crippen molar-refractivity contribution < 1.29 is 90.4 Å². The highest BCUT2D eigenvalue weighted by Gasteiger charge is 2.34. The fourth-order valence-electron chi connectivity index (χ4n) is 12.4. The summed E-state index contributed by atoms with van der Waals surface area (Å²) in [5, 5.41) is -1.63. The number of halogens is 10. The van der Waals surface area contributed by atoms with Gasteiger partial charge >= 0.3 is 12.4 Å². The van der Waals surface area contributed by atoms with Gasteiger partial charge in [0.25, 0.3) is 0 Å². The molecule has 12 nitrogen and oxygen atoms in total. The number of ether oxygens (including phenoxy) is 2. The van der Waals surface area contributed by atoms with Gasteiger partial charge in [-0.05, 0) is 133 Å². The number of aromatic nitrogens is 2. The Labute approximate surface area is 644 Å². The fraction of sp³-hybridized carbons (Fsp3) is 0.317. The average Bonchev–Trinajstić information content (AvgIpc) is 0.734. The SMILES string of the molecule is [2H]c1c(C)c([2H])c2c(=O)c([2H])c(SC([2H])([2H])c3cccc(F)c3F)n(CC(=O)N(Cc3ccc(-c4ccc(C(F)(F)F)cc4)cc3)C3CCN(CC([2H])([2H])OC([2H])([2H])[2H])CC3)c2c1[2H].[2H]c1c(C)c([2H])c2c(=O)c([2H])c(SCc3cccc(F)c3F)n(CC(=O)N(Cc3ccc(-c4ccc(C(F)(F)F)cc4)cc3)C3CCN(CC([2H])([2H])OC([2H])([2H])[2H])CC3)c2c1[2H]. The van der Waals surface area contributed by atoms with Crippen LogP contribution in [0.1, 0.15) is 97.6 Å². The lowest BCUT2D eigenvalue weighted by atomic mass is 10.00. The molecule has 4 heterocycles. The molecule has 0 unspecified atom stereocenters. The normalized spacial score (nSPS) is 17.5. The van der Waals surface area contributed by atoms with E-state index in [0.29, 0.717) is 33.4 Å². The molecule has 2 saturated heterocycles. The number of nitrogens with zero attached hydrogens (tertiary/aromatic N) is 6. The van der Waals surface area contributed by atoms with Crippen molar-refractivity contribution in [2.24, 2.45) is 0 Å². The lowest BCUT2D eigenvalue weighted by Gasteiger charge is -2.39. The molecule has 2 fully saturated rings. The second-order valence-electron chi connectivity index (χ2n) is 25.0. The number of hydrogen-bond acceptors (Lipinski definition) is 10. The number of methoxy groups -OCH3 is 2. The van der Waals surface area contributed by atoms with Gasteiger partial charge in [0.15, 0.2) is 34.1 Å². The van der Waals surface area contributed by atoms with E-state index in [1.54, 1.807) is 58.3 Å². The molecule has 2 aromatic heterocycles. The largest absolute Gasteiger partial charge is 0.416 e. The number of hydrogen-bond donors (Lipinski definition) is 0. The summed E-state index contributed by atoms with van der Waals surface area (Å²) in [6.45, 7) is -4.05. The van der Waals surface area contributed by atoms with Crippen LogP contribution in [0.4, 0.5) is 43.9 Å². The second kappa shape index (κ2) is 35.1. The van der Waals surface area contributed by atoms with Crippen molar-refractivity contribution in [3.05, 3.63) is 270 Å². The van der Waals surface area contributed by atoms with Crippen LogP contribution in [0, 0.1) is 37.1 Å². The Kier molecular flexibility index (Phi) is 18.4. The van der Waals surface area contributed by atoms with E-state index in [0.717, 1.165) is 64.9 Å². The molecule has 0 N–H and O–H groups in total. The van der Waals surface area contributed by atoms with Crippen molar-refractivity contribution in [2.45, 2.75) is 112 Å². The van der Waals surface area contributed by atoms with E-state index >= 15 is 4.39 Å². The maximum absolute atomic E-state index is 15.1. The standard InChI is InChI=1S/2C41H40F5N3O3S/c2*1-27-6-15-36-34(22-27)37(50)23-39(53-26-31-4-3-5-35(42)40(31)43)49(36)25-38(51)48(33-16-18-47(19-17-33)20-21-52-2)24-28-7-9-29(10-8-28)30-11-13-32(14-12-30)41(44,45)46/h2*3-15,22-23,33H,16-21,24-26H2,1-2H3/i2D3,6D,15D,21D2,22D,23D,26D2;2D3,6D,15D,21D2,22D,23D. The number of alkyl halides is 6. The third kappa shape index (κ3) is 19.6. The average molecular weight is 1520 g/mol. The van der Waals surface area contributed by atoms with Crippen molar-refractivity contribution in [2.75, 3.05) is 66.5 Å². The zero-order valence-corrected chi connectivity index (χ0v) is 58.3. The van der Waals surface area contributed by atoms with Crippen molar-refractivity contribution in [1.82, 2.24) is 28.7 Å². The molecule has 106 heavy (non-hydrogen) atoms. The van der Waals surface area contributed by atoms with Crippen LogP contribution in [0.5, 0.6) is 0 Å². The number of carbonyl (C=O) groups is 2. The number of rotatable bonds is 24. The monoisotopic (exact) mass is 1520 g/mol. The summed E-state index contributed by atoms with van der Waals surface area (Å²) in [4.78, 5) is 63.6. The third-order valence-corrected chi connectivity index (χ3v) is 19.9. The van der Waals surface area contributed by atoms with Crippen molar-refractivity contribution in [3.63, 3.8) is 0 Å². The first-order valence-corrected chi connectivity index (χ1v) is 34.9. The van der Waals surface area contributed by atoms with Gasteiger partial charge < -0.3 is 38.2 Å². The van der Waals surface area contributed by atoms with Crippen LogP contribution in [0.2, 0.25) is 0 Å². The molecule has 2 aliphatic rings. The number of thioether (sulfide) groups is 2. The molecule has 8 aromatic carbocycles. The van der Waals surface area contributed by atoms with E-state index in [1.165, 1.54) is 64.6 Å². The Morgan fingerprint density at radius 3 is 1.29 bits per heavy atom. The lowest BCUT2D eigenvalue weighted by molar-refractivity contribution is -0.138. The van der Waals surface area contributed by atoms with Crippen LogP contribution >= 0.6 is 23.5 Å². The topological polar surface area (TPSA) is 110 Å². The molecule has 0 atom stereocenters. The van der Waals surface area contributed by atoms with Gasteiger partial charge in [-0.1, -0.05) is 120 Å². The molecule has 0 bridgehead atoms. The van der Waals surface area contributed by atoms with E-state index in [2.05, 4.69) is 9.47 Å². The van der Waals surface area contributed by atoms with E-state index in [-0.39, 0.29) is 122 Å². The van der Waals surface area contributed by atoms with Crippen LogP contribution in [0.15, 0.2) is 201 Å². The summed E-state index contributed by atoms with van der Waals surface area (Å²) in [5.41, 5.74) is -5.04. The number of piperidine rings is 2. The summed E-state index contributed by atoms with van der Waals surface area (Å²) < 4.78 is 313. The van der Waals surface area contributed by atoms with Crippen molar-refractivity contribution >= 4 is 57.1 Å². The predicted octanol–water partition coefficient (Wildman–Crippen LogP) is 17.4. The van der Waals surface area contributed by atoms with Gasteiger partial charge in [0, 0.05) is 127 Å². The Hall–Kier alpha value is -9.04. The molecule has 0 saturated carbocycles. The van der Waals surface area contributed by atoms with Gasteiger partial charge in [0.2, 0.25) is 11.8 Å². The van der Waals surface area contributed by atoms with E-state index < -0.39 is 204 Å². The molecular weight excluding hydrogens is 1420 g/mol. The highest BCUT2D eigenvalue weighted by atomic mass is 32.2. The van der Waals surface area contributed by atoms with Gasteiger partial charge in [-0.2, -0.15) is 26.3 Å². The summed E-state index contributed by atoms with van der Waals surface area (Å²) in [5.74, 6) is -6.84. The predicted molar refractivity (Wildman–Crippen MR) is 395 cm³/mol. The molecular formula is C82H80F10N6O6S2. The first kappa shape index (κ1) is 55.4. The fourth-order valence-corrected chi connectivity index (χ4v) is 14.2. The minimum atomic E-state index is -4.53. The van der Waals surface area contributed by atoms with E-state index in [1.807, 2.05) is 0 Å². The highest BCUT2D eigenvalue weighted by Crippen LogP contribution is 2.36. The number of fused-ring (bicyclic) bond motifs is 2. The molecule has 0 spiro atoms. The zero-order valence-electron chi connectivity index (χ0n) is 76.7. The summed E-state index contributed by atoms with van der Waals surface area (Å²) >= 11 is 0.845. The van der Waals surface area contributed by atoms with Gasteiger partial charge in [0.1, 0.15) is 13.1 Å². The van der Waals surface area contributed by atoms with Crippen LogP contribution in [-0.4, -0.2) is 119 Å².